The Morgan fingerprint density at radius 1 is 0.844 bits per heavy atom. The molecule has 166 valence electrons. The van der Waals surface area contributed by atoms with Crippen molar-refractivity contribution in [3.8, 4) is 11.5 Å². The van der Waals surface area contributed by atoms with E-state index in [0.29, 0.717) is 30.3 Å². The second-order valence-electron chi connectivity index (χ2n) is 8.32. The van der Waals surface area contributed by atoms with Gasteiger partial charge in [0.25, 0.3) is 0 Å². The molecular weight excluding hydrogens is 400 g/mol. The summed E-state index contributed by atoms with van der Waals surface area (Å²) in [4.78, 5) is 13.1. The molecule has 3 aromatic carbocycles. The Hall–Kier alpha value is -3.27. The molecular formula is C28H30O4. The molecule has 0 amide bonds. The second-order valence-corrected chi connectivity index (χ2v) is 8.32. The van der Waals surface area contributed by atoms with E-state index in [4.69, 9.17) is 14.2 Å². The molecule has 0 saturated carbocycles. The zero-order valence-electron chi connectivity index (χ0n) is 18.6. The normalized spacial score (nSPS) is 16.5. The van der Waals surface area contributed by atoms with Gasteiger partial charge >= 0.3 is 5.97 Å². The van der Waals surface area contributed by atoms with Gasteiger partial charge in [0.05, 0.1) is 6.10 Å². The molecule has 1 heterocycles. The Balaban J connectivity index is 1.65. The summed E-state index contributed by atoms with van der Waals surface area (Å²) in [5, 5.41) is 0. The maximum absolute atomic E-state index is 13.1. The molecule has 0 aliphatic carbocycles. The molecule has 4 heteroatoms. The summed E-state index contributed by atoms with van der Waals surface area (Å²) < 4.78 is 18.0. The molecule has 1 aliphatic rings. The van der Waals surface area contributed by atoms with E-state index < -0.39 is 0 Å². The Morgan fingerprint density at radius 2 is 1.50 bits per heavy atom. The van der Waals surface area contributed by atoms with Gasteiger partial charge in [-0.25, -0.2) is 4.79 Å². The number of carbonyl (C=O) groups is 1. The fourth-order valence-electron chi connectivity index (χ4n) is 3.97. The van der Waals surface area contributed by atoms with Gasteiger partial charge in [-0.15, -0.1) is 0 Å². The molecule has 1 aliphatic heterocycles. The average Bonchev–Trinajstić information content (AvgIpc) is 2.82. The average molecular weight is 431 g/mol. The summed E-state index contributed by atoms with van der Waals surface area (Å²) in [6, 6.07) is 23.8. The zero-order valence-corrected chi connectivity index (χ0v) is 18.6. The summed E-state index contributed by atoms with van der Waals surface area (Å²) in [5.74, 6) is 0.910. The summed E-state index contributed by atoms with van der Waals surface area (Å²) in [5.41, 5.74) is 3.59. The summed E-state index contributed by atoms with van der Waals surface area (Å²) >= 11 is 0. The minimum absolute atomic E-state index is 0.107. The number of hydrogen-bond donors (Lipinski definition) is 0. The lowest BCUT2D eigenvalue weighted by Crippen LogP contribution is -2.19. The molecule has 0 radical (unpaired) electrons. The molecule has 0 saturated heterocycles. The maximum Gasteiger partial charge on any atom is 0.342 e. The molecule has 4 rings (SSSR count). The minimum atomic E-state index is -0.313. The summed E-state index contributed by atoms with van der Waals surface area (Å²) in [7, 11) is 0. The van der Waals surface area contributed by atoms with E-state index in [0.717, 1.165) is 48.8 Å². The highest BCUT2D eigenvalue weighted by molar-refractivity contribution is 5.94. The molecule has 4 nitrogen and oxygen atoms in total. The van der Waals surface area contributed by atoms with Crippen molar-refractivity contribution in [3.05, 3.63) is 95.1 Å². The molecule has 1 atom stereocenters. The highest BCUT2D eigenvalue weighted by atomic mass is 16.5. The van der Waals surface area contributed by atoms with Gasteiger partial charge < -0.3 is 14.2 Å². The standard InChI is InChI=1S/C28H30O4/c1-21-11-5-2-10-16-24-17-25(30-19-22-12-6-3-7-13-22)18-26(27(24)28(29)32-21)31-20-23-14-8-4-9-15-23/h3-4,6-9,12-15,17-18,21H,2,5,10-11,16,19-20H2,1H3/t21-/m1/s1. The zero-order chi connectivity index (χ0) is 22.2. The van der Waals surface area contributed by atoms with Crippen LogP contribution in [0.1, 0.15) is 59.7 Å². The number of carbonyl (C=O) groups excluding carboxylic acids is 1. The van der Waals surface area contributed by atoms with Gasteiger partial charge in [0, 0.05) is 6.07 Å². The SMILES string of the molecule is C[C@@H]1CCCCCc2cc(OCc3ccccc3)cc(OCc3ccccc3)c2C(=O)O1. The number of aryl methyl sites for hydroxylation is 1. The molecule has 0 bridgehead atoms. The Labute approximate surface area is 190 Å². The van der Waals surface area contributed by atoms with Crippen LogP contribution < -0.4 is 9.47 Å². The number of ether oxygens (including phenoxy) is 3. The van der Waals surface area contributed by atoms with Crippen LogP contribution >= 0.6 is 0 Å². The number of fused-ring (bicyclic) bond motifs is 1. The van der Waals surface area contributed by atoms with E-state index in [1.807, 2.05) is 79.7 Å². The van der Waals surface area contributed by atoms with Crippen LogP contribution in [-0.2, 0) is 24.4 Å². The lowest BCUT2D eigenvalue weighted by atomic mass is 9.98. The third kappa shape index (κ3) is 5.91. The number of esters is 1. The van der Waals surface area contributed by atoms with Crippen molar-refractivity contribution in [2.24, 2.45) is 0 Å². The van der Waals surface area contributed by atoms with Gasteiger partial charge in [0.15, 0.2) is 0 Å². The van der Waals surface area contributed by atoms with Crippen molar-refractivity contribution >= 4 is 5.97 Å². The third-order valence-electron chi connectivity index (χ3n) is 5.71. The van der Waals surface area contributed by atoms with Crippen molar-refractivity contribution in [2.45, 2.75) is 58.3 Å². The Morgan fingerprint density at radius 3 is 2.19 bits per heavy atom. The third-order valence-corrected chi connectivity index (χ3v) is 5.71. The first kappa shape index (κ1) is 21.9. The van der Waals surface area contributed by atoms with Gasteiger partial charge in [0.2, 0.25) is 0 Å². The van der Waals surface area contributed by atoms with E-state index in [2.05, 4.69) is 0 Å². The van der Waals surface area contributed by atoms with Crippen LogP contribution in [-0.4, -0.2) is 12.1 Å². The van der Waals surface area contributed by atoms with E-state index >= 15 is 0 Å². The first-order valence-electron chi connectivity index (χ1n) is 11.4. The molecule has 0 aromatic heterocycles. The molecule has 0 fully saturated rings. The summed E-state index contributed by atoms with van der Waals surface area (Å²) in [6.07, 6.45) is 4.77. The van der Waals surface area contributed by atoms with Gasteiger partial charge in [-0.3, -0.25) is 0 Å². The van der Waals surface area contributed by atoms with Crippen molar-refractivity contribution in [1.82, 2.24) is 0 Å². The fourth-order valence-corrected chi connectivity index (χ4v) is 3.97. The van der Waals surface area contributed by atoms with Crippen LogP contribution in [0, 0.1) is 0 Å². The van der Waals surface area contributed by atoms with Crippen molar-refractivity contribution in [1.29, 1.82) is 0 Å². The van der Waals surface area contributed by atoms with E-state index in [-0.39, 0.29) is 12.1 Å². The highest BCUT2D eigenvalue weighted by Gasteiger charge is 2.24. The van der Waals surface area contributed by atoms with Gasteiger partial charge in [-0.1, -0.05) is 67.1 Å². The van der Waals surface area contributed by atoms with Crippen LogP contribution in [0.3, 0.4) is 0 Å². The maximum atomic E-state index is 13.1. The van der Waals surface area contributed by atoms with Crippen LogP contribution in [0.15, 0.2) is 72.8 Å². The number of rotatable bonds is 6. The lowest BCUT2D eigenvalue weighted by molar-refractivity contribution is 0.0310. The topological polar surface area (TPSA) is 44.8 Å². The van der Waals surface area contributed by atoms with Crippen molar-refractivity contribution < 1.29 is 19.0 Å². The largest absolute Gasteiger partial charge is 0.489 e. The predicted molar refractivity (Wildman–Crippen MR) is 125 cm³/mol. The van der Waals surface area contributed by atoms with Crippen LogP contribution in [0.25, 0.3) is 0 Å². The second kappa shape index (κ2) is 10.9. The van der Waals surface area contributed by atoms with Crippen LogP contribution in [0.4, 0.5) is 0 Å². The first-order chi connectivity index (χ1) is 15.7. The number of hydrogen-bond acceptors (Lipinski definition) is 4. The number of benzene rings is 3. The van der Waals surface area contributed by atoms with Crippen molar-refractivity contribution in [2.75, 3.05) is 0 Å². The Kier molecular flexibility index (Phi) is 7.44. The van der Waals surface area contributed by atoms with Gasteiger partial charge in [-0.05, 0) is 55.4 Å². The molecule has 0 N–H and O–H groups in total. The van der Waals surface area contributed by atoms with Crippen LogP contribution in [0.2, 0.25) is 0 Å². The molecule has 32 heavy (non-hydrogen) atoms. The van der Waals surface area contributed by atoms with Crippen molar-refractivity contribution in [3.63, 3.8) is 0 Å². The lowest BCUT2D eigenvalue weighted by Gasteiger charge is -2.21. The highest BCUT2D eigenvalue weighted by Crippen LogP contribution is 2.33. The monoisotopic (exact) mass is 430 g/mol. The molecule has 0 unspecified atom stereocenters. The summed E-state index contributed by atoms with van der Waals surface area (Å²) in [6.45, 7) is 2.79. The first-order valence-corrected chi connectivity index (χ1v) is 11.4. The quantitative estimate of drug-likeness (QED) is 0.418. The van der Waals surface area contributed by atoms with E-state index in [1.54, 1.807) is 0 Å². The minimum Gasteiger partial charge on any atom is -0.489 e. The Bertz CT molecular complexity index is 1010. The number of cyclic esters (lactones) is 1. The predicted octanol–water partition coefficient (Wildman–Crippen LogP) is 6.51. The van der Waals surface area contributed by atoms with E-state index in [1.165, 1.54) is 0 Å². The fraction of sp³-hybridized carbons (Fsp3) is 0.321. The molecule has 3 aromatic rings. The van der Waals surface area contributed by atoms with E-state index in [9.17, 15) is 4.79 Å². The molecule has 0 spiro atoms. The van der Waals surface area contributed by atoms with Gasteiger partial charge in [-0.2, -0.15) is 0 Å². The van der Waals surface area contributed by atoms with Gasteiger partial charge in [0.1, 0.15) is 30.3 Å². The van der Waals surface area contributed by atoms with Crippen LogP contribution in [0.5, 0.6) is 11.5 Å². The smallest absolute Gasteiger partial charge is 0.342 e.